The molecule has 4 heteroatoms. The molecule has 2 aromatic rings. The third-order valence-electron chi connectivity index (χ3n) is 4.49. The van der Waals surface area contributed by atoms with Gasteiger partial charge in [0.25, 0.3) is 5.91 Å². The molecule has 1 heterocycles. The molecule has 0 atom stereocenters. The molecular weight excluding hydrogens is 292 g/mol. The summed E-state index contributed by atoms with van der Waals surface area (Å²) in [6, 6.07) is 14.1. The van der Waals surface area contributed by atoms with Gasteiger partial charge in [0.15, 0.2) is 0 Å². The molecular formula is C18H18N2OS. The third-order valence-corrected chi connectivity index (χ3v) is 5.63. The van der Waals surface area contributed by atoms with Gasteiger partial charge in [-0.05, 0) is 43.2 Å². The largest absolute Gasteiger partial charge is 0.399 e. The Morgan fingerprint density at radius 2 is 1.82 bits per heavy atom. The van der Waals surface area contributed by atoms with Crippen molar-refractivity contribution in [2.45, 2.75) is 41.5 Å². The number of amides is 1. The zero-order valence-corrected chi connectivity index (χ0v) is 13.1. The lowest BCUT2D eigenvalue weighted by Gasteiger charge is -2.29. The molecule has 3 nitrogen and oxygen atoms in total. The molecule has 112 valence electrons. The van der Waals surface area contributed by atoms with E-state index in [2.05, 4.69) is 0 Å². The fourth-order valence-electron chi connectivity index (χ4n) is 3.42. The number of carbonyl (C=O) groups excluding carboxylic acids is 1. The Morgan fingerprint density at radius 1 is 1.05 bits per heavy atom. The number of nitrogen functional groups attached to an aromatic ring is 1. The number of nitrogens with zero attached hydrogens (tertiary/aromatic N) is 1. The van der Waals surface area contributed by atoms with Crippen LogP contribution in [0.3, 0.4) is 0 Å². The van der Waals surface area contributed by atoms with Crippen molar-refractivity contribution in [1.82, 2.24) is 0 Å². The molecule has 0 radical (unpaired) electrons. The quantitative estimate of drug-likeness (QED) is 0.798. The van der Waals surface area contributed by atoms with E-state index in [1.165, 1.54) is 12.8 Å². The maximum atomic E-state index is 13.2. The van der Waals surface area contributed by atoms with Gasteiger partial charge >= 0.3 is 0 Å². The Bertz CT molecular complexity index is 738. The van der Waals surface area contributed by atoms with Crippen LogP contribution in [0.5, 0.6) is 0 Å². The summed E-state index contributed by atoms with van der Waals surface area (Å²) in [6.07, 6.45) is 4.54. The van der Waals surface area contributed by atoms with Crippen LogP contribution in [-0.4, -0.2) is 11.9 Å². The molecule has 0 aromatic heterocycles. The molecule has 1 fully saturated rings. The molecule has 2 aromatic carbocycles. The first-order valence-corrected chi connectivity index (χ1v) is 8.55. The maximum Gasteiger partial charge on any atom is 0.259 e. The summed E-state index contributed by atoms with van der Waals surface area (Å²) in [5, 5.41) is 0. The van der Waals surface area contributed by atoms with E-state index in [9.17, 15) is 4.79 Å². The van der Waals surface area contributed by atoms with Crippen LogP contribution in [0.1, 0.15) is 36.0 Å². The molecule has 4 rings (SSSR count). The molecule has 2 aliphatic rings. The number of hydrogen-bond acceptors (Lipinski definition) is 3. The number of fused-ring (bicyclic) bond motifs is 2. The monoisotopic (exact) mass is 310 g/mol. The molecule has 1 amide bonds. The van der Waals surface area contributed by atoms with Crippen molar-refractivity contribution in [3.05, 3.63) is 48.0 Å². The summed E-state index contributed by atoms with van der Waals surface area (Å²) in [4.78, 5) is 17.3. The minimum atomic E-state index is 0.111. The van der Waals surface area contributed by atoms with Gasteiger partial charge in [0.1, 0.15) is 0 Å². The Kier molecular flexibility index (Phi) is 3.34. The van der Waals surface area contributed by atoms with Gasteiger partial charge in [0.2, 0.25) is 0 Å². The Morgan fingerprint density at radius 3 is 2.64 bits per heavy atom. The van der Waals surface area contributed by atoms with Crippen molar-refractivity contribution in [2.24, 2.45) is 0 Å². The standard InChI is InChI=1S/C18H18N2OS/c19-12-9-10-17-15(11-12)20(13-5-1-2-6-13)18(21)14-7-3-4-8-16(14)22-17/h3-4,7-11,13H,1-2,5-6,19H2. The van der Waals surface area contributed by atoms with E-state index in [1.54, 1.807) is 11.8 Å². The predicted octanol–water partition coefficient (Wildman–Crippen LogP) is 4.32. The maximum absolute atomic E-state index is 13.2. The number of nitrogens with two attached hydrogens (primary N) is 1. The van der Waals surface area contributed by atoms with Crippen molar-refractivity contribution in [1.29, 1.82) is 0 Å². The molecule has 1 saturated carbocycles. The van der Waals surface area contributed by atoms with E-state index in [-0.39, 0.29) is 5.91 Å². The molecule has 0 bridgehead atoms. The highest BCUT2D eigenvalue weighted by Crippen LogP contribution is 2.44. The van der Waals surface area contributed by atoms with Gasteiger partial charge in [-0.15, -0.1) is 0 Å². The van der Waals surface area contributed by atoms with Gasteiger partial charge in [0.05, 0.1) is 11.3 Å². The highest BCUT2D eigenvalue weighted by molar-refractivity contribution is 7.99. The molecule has 0 unspecified atom stereocenters. The van der Waals surface area contributed by atoms with Crippen molar-refractivity contribution in [3.8, 4) is 0 Å². The Balaban J connectivity index is 1.91. The van der Waals surface area contributed by atoms with Gasteiger partial charge in [-0.3, -0.25) is 4.79 Å². The Labute approximate surface area is 134 Å². The fraction of sp³-hybridized carbons (Fsp3) is 0.278. The fourth-order valence-corrected chi connectivity index (χ4v) is 4.47. The zero-order chi connectivity index (χ0) is 15.1. The molecule has 22 heavy (non-hydrogen) atoms. The summed E-state index contributed by atoms with van der Waals surface area (Å²) in [7, 11) is 0. The lowest BCUT2D eigenvalue weighted by molar-refractivity contribution is 0.0974. The van der Waals surface area contributed by atoms with Gasteiger partial charge in [-0.25, -0.2) is 0 Å². The van der Waals surface area contributed by atoms with E-state index in [4.69, 9.17) is 5.73 Å². The predicted molar refractivity (Wildman–Crippen MR) is 90.5 cm³/mol. The van der Waals surface area contributed by atoms with Crippen LogP contribution in [0.15, 0.2) is 52.3 Å². The topological polar surface area (TPSA) is 46.3 Å². The van der Waals surface area contributed by atoms with E-state index in [0.29, 0.717) is 11.7 Å². The number of hydrogen-bond donors (Lipinski definition) is 1. The second-order valence-corrected chi connectivity index (χ2v) is 7.02. The third kappa shape index (κ3) is 2.18. The van der Waals surface area contributed by atoms with E-state index in [0.717, 1.165) is 33.9 Å². The lowest BCUT2D eigenvalue weighted by atomic mass is 10.1. The van der Waals surface area contributed by atoms with Crippen LogP contribution in [-0.2, 0) is 0 Å². The highest BCUT2D eigenvalue weighted by atomic mass is 32.2. The van der Waals surface area contributed by atoms with Crippen molar-refractivity contribution in [3.63, 3.8) is 0 Å². The first-order chi connectivity index (χ1) is 10.7. The summed E-state index contributed by atoms with van der Waals surface area (Å²) in [5.74, 6) is 0.111. The SMILES string of the molecule is Nc1ccc2c(c1)N(C1CCCC1)C(=O)c1ccccc1S2. The molecule has 1 aliphatic heterocycles. The number of benzene rings is 2. The van der Waals surface area contributed by atoms with Crippen LogP contribution in [0.4, 0.5) is 11.4 Å². The van der Waals surface area contributed by atoms with Crippen molar-refractivity contribution in [2.75, 3.05) is 10.6 Å². The first-order valence-electron chi connectivity index (χ1n) is 7.74. The second-order valence-electron chi connectivity index (χ2n) is 5.94. The lowest BCUT2D eigenvalue weighted by Crippen LogP contribution is -2.39. The summed E-state index contributed by atoms with van der Waals surface area (Å²) in [6.45, 7) is 0. The molecule has 1 aliphatic carbocycles. The van der Waals surface area contributed by atoms with E-state index < -0.39 is 0 Å². The second kappa shape index (κ2) is 5.36. The summed E-state index contributed by atoms with van der Waals surface area (Å²) in [5.41, 5.74) is 8.48. The summed E-state index contributed by atoms with van der Waals surface area (Å²) < 4.78 is 0. The highest BCUT2D eigenvalue weighted by Gasteiger charge is 2.33. The van der Waals surface area contributed by atoms with Crippen LogP contribution in [0.25, 0.3) is 0 Å². The minimum Gasteiger partial charge on any atom is -0.399 e. The van der Waals surface area contributed by atoms with Crippen LogP contribution >= 0.6 is 11.8 Å². The van der Waals surface area contributed by atoms with Crippen LogP contribution in [0.2, 0.25) is 0 Å². The normalized spacial score (nSPS) is 18.0. The molecule has 0 saturated heterocycles. The van der Waals surface area contributed by atoms with Gasteiger partial charge in [-0.2, -0.15) is 0 Å². The summed E-state index contributed by atoms with van der Waals surface area (Å²) >= 11 is 1.66. The number of carbonyl (C=O) groups is 1. The average Bonchev–Trinajstić information content (AvgIpc) is 3.01. The van der Waals surface area contributed by atoms with Crippen LogP contribution < -0.4 is 10.6 Å². The van der Waals surface area contributed by atoms with Gasteiger partial charge in [-0.1, -0.05) is 36.7 Å². The Hall–Kier alpha value is -1.94. The molecule has 2 N–H and O–H groups in total. The minimum absolute atomic E-state index is 0.111. The number of anilines is 2. The van der Waals surface area contributed by atoms with E-state index >= 15 is 0 Å². The first kappa shape index (κ1) is 13.7. The van der Waals surface area contributed by atoms with Crippen molar-refractivity contribution < 1.29 is 4.79 Å². The number of rotatable bonds is 1. The van der Waals surface area contributed by atoms with Gasteiger partial charge in [0, 0.05) is 21.5 Å². The zero-order valence-electron chi connectivity index (χ0n) is 12.3. The average molecular weight is 310 g/mol. The smallest absolute Gasteiger partial charge is 0.259 e. The van der Waals surface area contributed by atoms with Crippen molar-refractivity contribution >= 4 is 29.0 Å². The van der Waals surface area contributed by atoms with E-state index in [1.807, 2.05) is 47.4 Å². The van der Waals surface area contributed by atoms with Crippen LogP contribution in [0, 0.1) is 0 Å². The van der Waals surface area contributed by atoms with Gasteiger partial charge < -0.3 is 10.6 Å². The molecule has 0 spiro atoms.